The fourth-order valence-electron chi connectivity index (χ4n) is 2.29. The van der Waals surface area contributed by atoms with Crippen LogP contribution in [-0.2, 0) is 16.3 Å². The lowest BCUT2D eigenvalue weighted by Crippen LogP contribution is -2.48. The minimum Gasteiger partial charge on any atom is -0.395 e. The lowest BCUT2D eigenvalue weighted by molar-refractivity contribution is 0.130. The number of aliphatic hydroxyl groups is 1. The maximum atomic E-state index is 11.4. The third kappa shape index (κ3) is 3.54. The summed E-state index contributed by atoms with van der Waals surface area (Å²) in [6.07, 6.45) is 0.761. The number of rotatable bonds is 4. The predicted molar refractivity (Wildman–Crippen MR) is 71.2 cm³/mol. The van der Waals surface area contributed by atoms with Crippen LogP contribution in [0, 0.1) is 0 Å². The minimum atomic E-state index is -2.85. The lowest BCUT2D eigenvalue weighted by Gasteiger charge is -2.33. The molecule has 1 aliphatic rings. The van der Waals surface area contributed by atoms with Crippen LogP contribution in [0.25, 0.3) is 0 Å². The standard InChI is InChI=1S/C13H19NO3S/c15-11-13(10-12-4-2-1-3-5-12)14-6-8-18(16,17)9-7-14/h1-5,13,15H,6-11H2/t13-/m0/s1. The van der Waals surface area contributed by atoms with Crippen molar-refractivity contribution in [2.45, 2.75) is 12.5 Å². The van der Waals surface area contributed by atoms with Crippen LogP contribution in [0.4, 0.5) is 0 Å². The third-order valence-corrected chi connectivity index (χ3v) is 5.03. The van der Waals surface area contributed by atoms with E-state index >= 15 is 0 Å². The number of sulfone groups is 1. The van der Waals surface area contributed by atoms with Crippen molar-refractivity contribution in [1.29, 1.82) is 0 Å². The zero-order valence-corrected chi connectivity index (χ0v) is 11.1. The summed E-state index contributed by atoms with van der Waals surface area (Å²) >= 11 is 0. The van der Waals surface area contributed by atoms with Gasteiger partial charge in [-0.3, -0.25) is 4.90 Å². The Hall–Kier alpha value is -0.910. The first-order chi connectivity index (χ1) is 8.61. The first kappa shape index (κ1) is 13.5. The Kier molecular flexibility index (Phi) is 4.37. The fourth-order valence-corrected chi connectivity index (χ4v) is 3.52. The van der Waals surface area contributed by atoms with Gasteiger partial charge in [-0.2, -0.15) is 0 Å². The molecule has 0 spiro atoms. The summed E-state index contributed by atoms with van der Waals surface area (Å²) in [7, 11) is -2.85. The van der Waals surface area contributed by atoms with Gasteiger partial charge in [-0.1, -0.05) is 30.3 Å². The van der Waals surface area contributed by atoms with Gasteiger partial charge in [0.2, 0.25) is 0 Å². The smallest absolute Gasteiger partial charge is 0.152 e. The summed E-state index contributed by atoms with van der Waals surface area (Å²) in [5, 5.41) is 9.48. The topological polar surface area (TPSA) is 57.6 Å². The highest BCUT2D eigenvalue weighted by molar-refractivity contribution is 7.91. The second kappa shape index (κ2) is 5.82. The molecule has 0 bridgehead atoms. The average molecular weight is 269 g/mol. The molecule has 1 aliphatic heterocycles. The number of hydrogen-bond donors (Lipinski definition) is 1. The van der Waals surface area contributed by atoms with Crippen LogP contribution in [0.5, 0.6) is 0 Å². The molecule has 1 heterocycles. The third-order valence-electron chi connectivity index (χ3n) is 3.42. The zero-order valence-electron chi connectivity index (χ0n) is 10.3. The summed E-state index contributed by atoms with van der Waals surface area (Å²) in [5.74, 6) is 0.413. The van der Waals surface area contributed by atoms with Gasteiger partial charge in [0.15, 0.2) is 9.84 Å². The van der Waals surface area contributed by atoms with Gasteiger partial charge in [0.1, 0.15) is 0 Å². The molecule has 1 atom stereocenters. The molecule has 2 rings (SSSR count). The van der Waals surface area contributed by atoms with Crippen LogP contribution in [0.15, 0.2) is 30.3 Å². The molecule has 100 valence electrons. The van der Waals surface area contributed by atoms with Gasteiger partial charge >= 0.3 is 0 Å². The molecule has 1 aromatic carbocycles. The molecular formula is C13H19NO3S. The second-order valence-corrected chi connectivity index (χ2v) is 7.02. The first-order valence-corrected chi connectivity index (χ1v) is 8.02. The molecule has 1 N–H and O–H groups in total. The van der Waals surface area contributed by atoms with E-state index in [4.69, 9.17) is 0 Å². The zero-order chi connectivity index (χ0) is 13.0. The molecular weight excluding hydrogens is 250 g/mol. The van der Waals surface area contributed by atoms with Crippen LogP contribution >= 0.6 is 0 Å². The molecule has 1 fully saturated rings. The number of benzene rings is 1. The van der Waals surface area contributed by atoms with E-state index in [0.29, 0.717) is 13.1 Å². The molecule has 1 aromatic rings. The number of aliphatic hydroxyl groups excluding tert-OH is 1. The maximum Gasteiger partial charge on any atom is 0.152 e. The Labute approximate surface area is 108 Å². The summed E-state index contributed by atoms with van der Waals surface area (Å²) in [4.78, 5) is 2.08. The van der Waals surface area contributed by atoms with Crippen molar-refractivity contribution in [3.8, 4) is 0 Å². The van der Waals surface area contributed by atoms with E-state index < -0.39 is 9.84 Å². The Morgan fingerprint density at radius 1 is 1.17 bits per heavy atom. The predicted octanol–water partition coefficient (Wildman–Crippen LogP) is 0.320. The summed E-state index contributed by atoms with van der Waals surface area (Å²) in [6.45, 7) is 1.12. The van der Waals surface area contributed by atoms with E-state index in [0.717, 1.165) is 6.42 Å². The van der Waals surface area contributed by atoms with Gasteiger partial charge in [0.25, 0.3) is 0 Å². The van der Waals surface area contributed by atoms with Crippen molar-refractivity contribution >= 4 is 9.84 Å². The average Bonchev–Trinajstić information content (AvgIpc) is 2.38. The molecule has 0 unspecified atom stereocenters. The maximum absolute atomic E-state index is 11.4. The largest absolute Gasteiger partial charge is 0.395 e. The molecule has 0 aliphatic carbocycles. The quantitative estimate of drug-likeness (QED) is 0.855. The van der Waals surface area contributed by atoms with Gasteiger partial charge < -0.3 is 5.11 Å². The van der Waals surface area contributed by atoms with Crippen LogP contribution in [0.3, 0.4) is 0 Å². The highest BCUT2D eigenvalue weighted by Crippen LogP contribution is 2.12. The number of nitrogens with zero attached hydrogens (tertiary/aromatic N) is 1. The SMILES string of the molecule is O=S1(=O)CCN([C@H](CO)Cc2ccccc2)CC1. The fraction of sp³-hybridized carbons (Fsp3) is 0.538. The van der Waals surface area contributed by atoms with Crippen molar-refractivity contribution < 1.29 is 13.5 Å². The summed E-state index contributed by atoms with van der Waals surface area (Å²) in [5.41, 5.74) is 1.17. The van der Waals surface area contributed by atoms with Crippen LogP contribution in [0.2, 0.25) is 0 Å². The lowest BCUT2D eigenvalue weighted by atomic mass is 10.1. The van der Waals surface area contributed by atoms with E-state index in [1.54, 1.807) is 0 Å². The molecule has 5 heteroatoms. The first-order valence-electron chi connectivity index (χ1n) is 6.20. The molecule has 0 radical (unpaired) electrons. The molecule has 0 amide bonds. The van der Waals surface area contributed by atoms with Crippen molar-refractivity contribution in [1.82, 2.24) is 4.90 Å². The molecule has 4 nitrogen and oxygen atoms in total. The molecule has 18 heavy (non-hydrogen) atoms. The Morgan fingerprint density at radius 3 is 2.33 bits per heavy atom. The Balaban J connectivity index is 1.98. The highest BCUT2D eigenvalue weighted by atomic mass is 32.2. The van der Waals surface area contributed by atoms with Gasteiger partial charge in [-0.05, 0) is 12.0 Å². The monoisotopic (exact) mass is 269 g/mol. The van der Waals surface area contributed by atoms with E-state index in [2.05, 4.69) is 4.90 Å². The summed E-state index contributed by atoms with van der Waals surface area (Å²) in [6, 6.07) is 10.00. The van der Waals surface area contributed by atoms with Crippen molar-refractivity contribution in [3.05, 3.63) is 35.9 Å². The minimum absolute atomic E-state index is 0.0166. The molecule has 0 aromatic heterocycles. The van der Waals surface area contributed by atoms with Gasteiger partial charge in [-0.25, -0.2) is 8.42 Å². The van der Waals surface area contributed by atoms with Crippen molar-refractivity contribution in [2.24, 2.45) is 0 Å². The van der Waals surface area contributed by atoms with Gasteiger partial charge in [0.05, 0.1) is 18.1 Å². The van der Waals surface area contributed by atoms with E-state index in [-0.39, 0.29) is 24.2 Å². The highest BCUT2D eigenvalue weighted by Gasteiger charge is 2.26. The van der Waals surface area contributed by atoms with E-state index in [9.17, 15) is 13.5 Å². The van der Waals surface area contributed by atoms with Crippen LogP contribution in [0.1, 0.15) is 5.56 Å². The van der Waals surface area contributed by atoms with Crippen LogP contribution in [-0.4, -0.2) is 55.7 Å². The van der Waals surface area contributed by atoms with Gasteiger partial charge in [-0.15, -0.1) is 0 Å². The molecule has 1 saturated heterocycles. The number of hydrogen-bond acceptors (Lipinski definition) is 4. The summed E-state index contributed by atoms with van der Waals surface area (Å²) < 4.78 is 22.8. The van der Waals surface area contributed by atoms with E-state index in [1.807, 2.05) is 30.3 Å². The Morgan fingerprint density at radius 2 is 1.78 bits per heavy atom. The van der Waals surface area contributed by atoms with Gasteiger partial charge in [0, 0.05) is 19.1 Å². The molecule has 0 saturated carbocycles. The van der Waals surface area contributed by atoms with E-state index in [1.165, 1.54) is 5.56 Å². The normalized spacial score (nSPS) is 21.6. The van der Waals surface area contributed by atoms with Crippen molar-refractivity contribution in [2.75, 3.05) is 31.2 Å². The second-order valence-electron chi connectivity index (χ2n) is 4.71. The van der Waals surface area contributed by atoms with Crippen molar-refractivity contribution in [3.63, 3.8) is 0 Å². The van der Waals surface area contributed by atoms with Crippen LogP contribution < -0.4 is 0 Å². The Bertz CT molecular complexity index is 458.